The number of carbonyl (C=O) groups is 3. The third-order valence-electron chi connectivity index (χ3n) is 5.88. The number of amides is 2. The number of benzene rings is 1. The second kappa shape index (κ2) is 11.5. The number of nitrogens with one attached hydrogen (secondary N) is 2. The minimum Gasteiger partial charge on any atom is -0.508 e. The lowest BCUT2D eigenvalue weighted by atomic mass is 9.78. The van der Waals surface area contributed by atoms with Gasteiger partial charge in [0.25, 0.3) is 0 Å². The first-order chi connectivity index (χ1) is 15.4. The first kappa shape index (κ1) is 23.6. The number of rotatable bonds is 11. The number of fused-ring (bicyclic) bond motifs is 2. The summed E-state index contributed by atoms with van der Waals surface area (Å²) >= 11 is 0. The summed E-state index contributed by atoms with van der Waals surface area (Å²) in [6.45, 7) is -0.000455. The van der Waals surface area contributed by atoms with E-state index in [0.717, 1.165) is 25.7 Å². The van der Waals surface area contributed by atoms with Crippen LogP contribution < -0.4 is 10.6 Å². The number of allylic oxidation sites excluding steroid dienone is 2. The van der Waals surface area contributed by atoms with Crippen LogP contribution in [0, 0.1) is 11.8 Å². The highest BCUT2D eigenvalue weighted by Gasteiger charge is 2.48. The largest absolute Gasteiger partial charge is 0.508 e. The molecule has 32 heavy (non-hydrogen) atoms. The quantitative estimate of drug-likeness (QED) is 0.233. The van der Waals surface area contributed by atoms with Crippen molar-refractivity contribution in [2.24, 2.45) is 11.8 Å². The number of hydrogen-bond acceptors (Lipinski definition) is 6. The first-order valence-electron chi connectivity index (χ1n) is 10.9. The van der Waals surface area contributed by atoms with Crippen molar-refractivity contribution in [2.45, 2.75) is 50.7 Å². The first-order valence-corrected chi connectivity index (χ1v) is 10.9. The molecule has 0 saturated carbocycles. The third-order valence-corrected chi connectivity index (χ3v) is 5.88. The van der Waals surface area contributed by atoms with Crippen molar-refractivity contribution in [3.05, 3.63) is 36.4 Å². The van der Waals surface area contributed by atoms with Crippen molar-refractivity contribution < 1.29 is 34.1 Å². The van der Waals surface area contributed by atoms with Crippen LogP contribution in [0.4, 0.5) is 10.5 Å². The van der Waals surface area contributed by atoms with Crippen LogP contribution in [-0.2, 0) is 19.1 Å². The zero-order chi connectivity index (χ0) is 22.9. The molecule has 2 aliphatic rings. The van der Waals surface area contributed by atoms with Gasteiger partial charge in [-0.3, -0.25) is 9.59 Å². The number of carboxylic acid groups (broad SMARTS) is 1. The number of phenolic OH excluding ortho intramolecular Hbond substituents is 1. The minimum atomic E-state index is -0.784. The van der Waals surface area contributed by atoms with Gasteiger partial charge in [0.15, 0.2) is 0 Å². The van der Waals surface area contributed by atoms with Crippen LogP contribution >= 0.6 is 0 Å². The van der Waals surface area contributed by atoms with E-state index in [9.17, 15) is 19.5 Å². The molecule has 0 spiro atoms. The number of carboxylic acids is 1. The van der Waals surface area contributed by atoms with Gasteiger partial charge in [0.1, 0.15) is 12.3 Å². The SMILES string of the molecule is O=C(O)CCC/C=C\C[C@@H]1[C@H](COC(=O)NCC(=O)Nc2ccc(O)cc2)[C@@H]2CC[C@H]1O2. The van der Waals surface area contributed by atoms with E-state index in [1.807, 2.05) is 6.08 Å². The minimum absolute atomic E-state index is 0.0796. The predicted octanol–water partition coefficient (Wildman–Crippen LogP) is 3.05. The number of aromatic hydroxyl groups is 1. The van der Waals surface area contributed by atoms with Crippen molar-refractivity contribution in [1.82, 2.24) is 5.32 Å². The Morgan fingerprint density at radius 3 is 2.53 bits per heavy atom. The van der Waals surface area contributed by atoms with Gasteiger partial charge in [0.05, 0.1) is 18.8 Å². The average Bonchev–Trinajstić information content (AvgIpc) is 3.36. The van der Waals surface area contributed by atoms with Crippen LogP contribution in [0.3, 0.4) is 0 Å². The van der Waals surface area contributed by atoms with Gasteiger partial charge in [-0.2, -0.15) is 0 Å². The second-order valence-corrected chi connectivity index (χ2v) is 8.16. The Balaban J connectivity index is 1.37. The fourth-order valence-corrected chi connectivity index (χ4v) is 4.30. The van der Waals surface area contributed by atoms with Gasteiger partial charge in [0.2, 0.25) is 5.91 Å². The molecule has 2 fully saturated rings. The van der Waals surface area contributed by atoms with Gasteiger partial charge < -0.3 is 30.3 Å². The van der Waals surface area contributed by atoms with Crippen LogP contribution in [0.5, 0.6) is 5.75 Å². The zero-order valence-corrected chi connectivity index (χ0v) is 17.9. The summed E-state index contributed by atoms with van der Waals surface area (Å²) in [6.07, 6.45) is 7.93. The number of aliphatic carboxylic acids is 1. The fraction of sp³-hybridized carbons (Fsp3) is 0.522. The molecular weight excluding hydrogens is 416 g/mol. The Labute approximate surface area is 186 Å². The summed E-state index contributed by atoms with van der Waals surface area (Å²) in [5, 5.41) is 23.0. The van der Waals surface area contributed by atoms with Gasteiger partial charge in [0, 0.05) is 18.0 Å². The molecule has 0 aliphatic carbocycles. The van der Waals surface area contributed by atoms with E-state index in [1.54, 1.807) is 12.1 Å². The molecule has 2 amide bonds. The van der Waals surface area contributed by atoms with Crippen LogP contribution in [-0.4, -0.2) is 53.5 Å². The van der Waals surface area contributed by atoms with Crippen molar-refractivity contribution in [3.8, 4) is 5.75 Å². The lowest BCUT2D eigenvalue weighted by Gasteiger charge is -2.26. The van der Waals surface area contributed by atoms with E-state index in [1.165, 1.54) is 12.1 Å². The molecule has 2 aliphatic heterocycles. The molecule has 3 rings (SSSR count). The van der Waals surface area contributed by atoms with Crippen molar-refractivity contribution in [1.29, 1.82) is 0 Å². The molecular formula is C23H30N2O7. The van der Waals surface area contributed by atoms with Gasteiger partial charge in [-0.1, -0.05) is 12.2 Å². The summed E-state index contributed by atoms with van der Waals surface area (Å²) in [6, 6.07) is 6.02. The lowest BCUT2D eigenvalue weighted by Crippen LogP contribution is -2.36. The van der Waals surface area contributed by atoms with E-state index in [-0.39, 0.29) is 49.4 Å². The number of phenols is 1. The molecule has 0 radical (unpaired) electrons. The highest BCUT2D eigenvalue weighted by atomic mass is 16.6. The van der Waals surface area contributed by atoms with Gasteiger partial charge in [-0.05, 0) is 62.3 Å². The van der Waals surface area contributed by atoms with Crippen LogP contribution in [0.2, 0.25) is 0 Å². The van der Waals surface area contributed by atoms with E-state index in [2.05, 4.69) is 16.7 Å². The number of carbonyl (C=O) groups excluding carboxylic acids is 2. The zero-order valence-electron chi connectivity index (χ0n) is 17.9. The number of anilines is 1. The van der Waals surface area contributed by atoms with E-state index in [0.29, 0.717) is 12.1 Å². The molecule has 9 heteroatoms. The normalized spacial score (nSPS) is 23.9. The summed E-state index contributed by atoms with van der Waals surface area (Å²) in [5.41, 5.74) is 0.515. The van der Waals surface area contributed by atoms with Crippen LogP contribution in [0.25, 0.3) is 0 Å². The Bertz CT molecular complexity index is 824. The second-order valence-electron chi connectivity index (χ2n) is 8.16. The molecule has 2 bridgehead atoms. The molecule has 4 N–H and O–H groups in total. The van der Waals surface area contributed by atoms with E-state index < -0.39 is 18.0 Å². The summed E-state index contributed by atoms with van der Waals surface area (Å²) in [7, 11) is 0. The van der Waals surface area contributed by atoms with Gasteiger partial charge >= 0.3 is 12.1 Å². The Hall–Kier alpha value is -3.07. The Kier molecular flexibility index (Phi) is 8.49. The predicted molar refractivity (Wildman–Crippen MR) is 116 cm³/mol. The maximum atomic E-state index is 12.1. The topological polar surface area (TPSA) is 134 Å². The molecule has 2 saturated heterocycles. The molecule has 9 nitrogen and oxygen atoms in total. The standard InChI is InChI=1S/C23H30N2O7/c26-16-9-7-15(8-10-16)25-21(27)13-24-23(30)31-14-18-17(19-11-12-20(18)32-19)5-3-1-2-4-6-22(28)29/h1,3,7-10,17-20,26H,2,4-6,11-14H2,(H,24,30)(H,25,27)(H,28,29)/b3-1-/t17-,18+,19-,20+/m1/s1. The smallest absolute Gasteiger partial charge is 0.407 e. The van der Waals surface area contributed by atoms with Gasteiger partial charge in [-0.25, -0.2) is 4.79 Å². The average molecular weight is 447 g/mol. The molecule has 4 atom stereocenters. The van der Waals surface area contributed by atoms with E-state index >= 15 is 0 Å². The summed E-state index contributed by atoms with van der Waals surface area (Å²) in [5.74, 6) is -0.722. The van der Waals surface area contributed by atoms with Crippen LogP contribution in [0.1, 0.15) is 38.5 Å². The highest BCUT2D eigenvalue weighted by molar-refractivity contribution is 5.93. The summed E-state index contributed by atoms with van der Waals surface area (Å²) in [4.78, 5) is 34.6. The van der Waals surface area contributed by atoms with Crippen LogP contribution in [0.15, 0.2) is 36.4 Å². The van der Waals surface area contributed by atoms with Gasteiger partial charge in [-0.15, -0.1) is 0 Å². The number of alkyl carbamates (subject to hydrolysis) is 1. The van der Waals surface area contributed by atoms with Crippen molar-refractivity contribution in [2.75, 3.05) is 18.5 Å². The fourth-order valence-electron chi connectivity index (χ4n) is 4.30. The third kappa shape index (κ3) is 6.98. The highest BCUT2D eigenvalue weighted by Crippen LogP contribution is 2.45. The Morgan fingerprint density at radius 1 is 1.09 bits per heavy atom. The molecule has 174 valence electrons. The van der Waals surface area contributed by atoms with Crippen molar-refractivity contribution in [3.63, 3.8) is 0 Å². The lowest BCUT2D eigenvalue weighted by molar-refractivity contribution is -0.137. The molecule has 1 aromatic rings. The monoisotopic (exact) mass is 446 g/mol. The van der Waals surface area contributed by atoms with E-state index in [4.69, 9.17) is 14.6 Å². The number of ether oxygens (including phenoxy) is 2. The molecule has 2 heterocycles. The maximum Gasteiger partial charge on any atom is 0.407 e. The van der Waals surface area contributed by atoms with Crippen molar-refractivity contribution >= 4 is 23.7 Å². The maximum absolute atomic E-state index is 12.1. The molecule has 0 aromatic heterocycles. The molecule has 1 aromatic carbocycles. The number of hydrogen-bond donors (Lipinski definition) is 4. The molecule has 0 unspecified atom stereocenters. The Morgan fingerprint density at radius 2 is 1.81 bits per heavy atom. The summed E-state index contributed by atoms with van der Waals surface area (Å²) < 4.78 is 11.4. The number of unbranched alkanes of at least 4 members (excludes halogenated alkanes) is 1.